The van der Waals surface area contributed by atoms with Crippen LogP contribution in [-0.4, -0.2) is 31.7 Å². The summed E-state index contributed by atoms with van der Waals surface area (Å²) in [6.45, 7) is 14.8. The van der Waals surface area contributed by atoms with Gasteiger partial charge in [0.15, 0.2) is 0 Å². The van der Waals surface area contributed by atoms with Gasteiger partial charge in [0.1, 0.15) is 0 Å². The van der Waals surface area contributed by atoms with E-state index in [2.05, 4.69) is 27.0 Å². The van der Waals surface area contributed by atoms with Crippen LogP contribution in [0.1, 0.15) is 104 Å². The van der Waals surface area contributed by atoms with Crippen molar-refractivity contribution in [1.29, 1.82) is 0 Å². The molecule has 5 nitrogen and oxygen atoms in total. The van der Waals surface area contributed by atoms with E-state index in [9.17, 15) is 9.59 Å². The first-order chi connectivity index (χ1) is 18.1. The Morgan fingerprint density at radius 1 is 0.947 bits per heavy atom. The minimum atomic E-state index is -0.466. The van der Waals surface area contributed by atoms with Gasteiger partial charge in [0.05, 0.1) is 13.2 Å². The molecule has 0 saturated heterocycles. The molecule has 0 spiro atoms. The number of fused-ring (bicyclic) bond motifs is 5. The van der Waals surface area contributed by atoms with Crippen LogP contribution in [0.4, 0.5) is 0 Å². The van der Waals surface area contributed by atoms with E-state index in [1.807, 2.05) is 0 Å². The third kappa shape index (κ3) is 6.24. The predicted octanol–water partition coefficient (Wildman–Crippen LogP) is 7.00. The normalized spacial score (nSPS) is 36.8. The van der Waals surface area contributed by atoms with Crippen molar-refractivity contribution >= 4 is 11.9 Å². The molecule has 0 aromatic carbocycles. The van der Waals surface area contributed by atoms with Gasteiger partial charge in [0.2, 0.25) is 0 Å². The lowest BCUT2D eigenvalue weighted by molar-refractivity contribution is -0.144. The van der Waals surface area contributed by atoms with Crippen molar-refractivity contribution in [2.24, 2.45) is 52.1 Å². The molecule has 4 aliphatic rings. The fourth-order valence-electron chi connectivity index (χ4n) is 9.21. The van der Waals surface area contributed by atoms with Gasteiger partial charge in [-0.1, -0.05) is 46.3 Å². The van der Waals surface area contributed by atoms with Crippen LogP contribution in [0.3, 0.4) is 0 Å². The van der Waals surface area contributed by atoms with Gasteiger partial charge in [-0.2, -0.15) is 0 Å². The zero-order valence-corrected chi connectivity index (χ0v) is 24.4. The molecular weight excluding hydrogens is 474 g/mol. The first-order valence-corrected chi connectivity index (χ1v) is 15.4. The van der Waals surface area contributed by atoms with Gasteiger partial charge in [0.25, 0.3) is 0 Å². The molecule has 4 fully saturated rings. The van der Waals surface area contributed by atoms with Gasteiger partial charge in [-0.15, -0.1) is 0 Å². The topological polar surface area (TPSA) is 78.6 Å². The molecule has 214 valence electrons. The number of rotatable bonds is 11. The molecule has 4 saturated carbocycles. The molecule has 0 amide bonds. The van der Waals surface area contributed by atoms with Gasteiger partial charge in [0, 0.05) is 23.6 Å². The maximum atomic E-state index is 12.1. The summed E-state index contributed by atoms with van der Waals surface area (Å²) in [7, 11) is 0. The Labute approximate surface area is 231 Å². The molecule has 6 unspecified atom stereocenters. The van der Waals surface area contributed by atoms with E-state index >= 15 is 0 Å². The minimum Gasteiger partial charge on any atom is -0.462 e. The van der Waals surface area contributed by atoms with E-state index in [4.69, 9.17) is 15.2 Å². The molecule has 5 heteroatoms. The Bertz CT molecular complexity index is 897. The van der Waals surface area contributed by atoms with Gasteiger partial charge >= 0.3 is 11.9 Å². The highest BCUT2D eigenvalue weighted by Gasteiger charge is 2.57. The largest absolute Gasteiger partial charge is 0.462 e. The molecule has 2 N–H and O–H groups in total. The van der Waals surface area contributed by atoms with Crippen molar-refractivity contribution in [3.63, 3.8) is 0 Å². The van der Waals surface area contributed by atoms with Gasteiger partial charge in [-0.3, -0.25) is 0 Å². The van der Waals surface area contributed by atoms with Crippen molar-refractivity contribution in [1.82, 2.24) is 0 Å². The predicted molar refractivity (Wildman–Crippen MR) is 152 cm³/mol. The summed E-state index contributed by atoms with van der Waals surface area (Å²) in [5, 5.41) is 0. The highest BCUT2D eigenvalue weighted by Crippen LogP contribution is 2.66. The molecule has 8 atom stereocenters. The average Bonchev–Trinajstić information content (AvgIpc) is 3.30. The maximum absolute atomic E-state index is 12.1. The monoisotopic (exact) mass is 527 g/mol. The fourth-order valence-corrected chi connectivity index (χ4v) is 9.21. The molecule has 4 rings (SSSR count). The first kappa shape index (κ1) is 29.4. The summed E-state index contributed by atoms with van der Waals surface area (Å²) < 4.78 is 10.9. The van der Waals surface area contributed by atoms with Crippen molar-refractivity contribution in [2.75, 3.05) is 19.8 Å². The molecule has 0 aromatic heterocycles. The number of nitrogens with two attached hydrogens (primary N) is 1. The summed E-state index contributed by atoms with van der Waals surface area (Å²) >= 11 is 0. The van der Waals surface area contributed by atoms with E-state index in [0.29, 0.717) is 16.4 Å². The molecule has 0 radical (unpaired) electrons. The molecule has 38 heavy (non-hydrogen) atoms. The summed E-state index contributed by atoms with van der Waals surface area (Å²) in [5.74, 6) is 3.69. The first-order valence-electron chi connectivity index (χ1n) is 15.4. The number of hydrogen-bond donors (Lipinski definition) is 1. The van der Waals surface area contributed by atoms with E-state index in [0.717, 1.165) is 42.4 Å². The van der Waals surface area contributed by atoms with Crippen molar-refractivity contribution in [3.8, 4) is 0 Å². The Morgan fingerprint density at radius 3 is 2.39 bits per heavy atom. The van der Waals surface area contributed by atoms with Crippen molar-refractivity contribution in [2.45, 2.75) is 104 Å². The molecule has 0 heterocycles. The fraction of sp³-hybridized carbons (Fsp3) is 0.818. The van der Waals surface area contributed by atoms with E-state index in [1.54, 1.807) is 6.92 Å². The zero-order valence-electron chi connectivity index (χ0n) is 24.4. The third-order valence-electron chi connectivity index (χ3n) is 11.6. The summed E-state index contributed by atoms with van der Waals surface area (Å²) in [6, 6.07) is 0. The second-order valence-electron chi connectivity index (χ2n) is 14.0. The number of ether oxygens (including phenoxy) is 2. The molecule has 0 aliphatic heterocycles. The SMILES string of the molecule is C=C(C)C(=O)OCC(CCC[C@H]1CC[C@@]2(C)C(CCC3C4CCCC4(C)CCC32)C1)COC(=O)C(=C)CN. The number of carbonyl (C=O) groups is 2. The van der Waals surface area contributed by atoms with E-state index in [1.165, 1.54) is 70.6 Å². The Morgan fingerprint density at radius 2 is 1.68 bits per heavy atom. The van der Waals surface area contributed by atoms with Gasteiger partial charge in [-0.05, 0) is 112 Å². The number of esters is 2. The highest BCUT2D eigenvalue weighted by molar-refractivity contribution is 5.88. The van der Waals surface area contributed by atoms with Crippen LogP contribution in [0, 0.1) is 46.3 Å². The van der Waals surface area contributed by atoms with Crippen LogP contribution in [0.15, 0.2) is 24.3 Å². The smallest absolute Gasteiger partial charge is 0.334 e. The quantitative estimate of drug-likeness (QED) is 0.231. The van der Waals surface area contributed by atoms with E-state index in [-0.39, 0.29) is 31.2 Å². The standard InChI is InChI=1S/C33H53NO4/c1-22(2)30(35)37-20-25(21-38-31(36)23(3)19-34)9-6-8-24-13-17-33(5)26(18-24)11-12-27-28-10-7-15-32(28,4)16-14-29(27)33/h24-29H,1,3,6-21,34H2,2,4-5H3/t24-,25?,26?,27?,28?,29?,32?,33-/m0/s1. The van der Waals surface area contributed by atoms with Crippen molar-refractivity contribution in [3.05, 3.63) is 24.3 Å². The van der Waals surface area contributed by atoms with Crippen LogP contribution in [0.25, 0.3) is 0 Å². The van der Waals surface area contributed by atoms with Crippen LogP contribution >= 0.6 is 0 Å². The highest BCUT2D eigenvalue weighted by atomic mass is 16.5. The zero-order chi connectivity index (χ0) is 27.5. The molecule has 0 aromatic rings. The number of carbonyl (C=O) groups excluding carboxylic acids is 2. The second-order valence-corrected chi connectivity index (χ2v) is 14.0. The minimum absolute atomic E-state index is 0.0277. The third-order valence-corrected chi connectivity index (χ3v) is 11.6. The van der Waals surface area contributed by atoms with Crippen LogP contribution < -0.4 is 5.73 Å². The summed E-state index contributed by atoms with van der Waals surface area (Å²) in [6.07, 6.45) is 17.5. The van der Waals surface area contributed by atoms with Crippen LogP contribution in [-0.2, 0) is 19.1 Å². The Balaban J connectivity index is 1.28. The van der Waals surface area contributed by atoms with Crippen LogP contribution in [0.2, 0.25) is 0 Å². The van der Waals surface area contributed by atoms with Gasteiger partial charge in [-0.25, -0.2) is 9.59 Å². The lowest BCUT2D eigenvalue weighted by Crippen LogP contribution is -2.52. The lowest BCUT2D eigenvalue weighted by Gasteiger charge is -2.60. The molecular formula is C33H53NO4. The van der Waals surface area contributed by atoms with Crippen LogP contribution in [0.5, 0.6) is 0 Å². The van der Waals surface area contributed by atoms with Crippen molar-refractivity contribution < 1.29 is 19.1 Å². The Kier molecular flexibility index (Phi) is 9.48. The summed E-state index contributed by atoms with van der Waals surface area (Å²) in [4.78, 5) is 24.0. The Hall–Kier alpha value is -1.62. The summed E-state index contributed by atoms with van der Waals surface area (Å²) in [5.41, 5.74) is 7.34. The average molecular weight is 528 g/mol. The molecule has 0 bridgehead atoms. The van der Waals surface area contributed by atoms with Gasteiger partial charge < -0.3 is 15.2 Å². The maximum Gasteiger partial charge on any atom is 0.334 e. The number of hydrogen-bond acceptors (Lipinski definition) is 5. The van der Waals surface area contributed by atoms with E-state index < -0.39 is 11.9 Å². The molecule has 4 aliphatic carbocycles. The second kappa shape index (κ2) is 12.3. The lowest BCUT2D eigenvalue weighted by atomic mass is 9.44.